The Morgan fingerprint density at radius 2 is 1.57 bits per heavy atom. The minimum absolute atomic E-state index is 0.286. The van der Waals surface area contributed by atoms with Gasteiger partial charge < -0.3 is 8.84 Å². The first kappa shape index (κ1) is 18.7. The molecule has 2 nitrogen and oxygen atoms in total. The molecule has 0 N–H and O–H groups in total. The second-order valence-corrected chi connectivity index (χ2v) is 17.7. The summed E-state index contributed by atoms with van der Waals surface area (Å²) in [5, 5.41) is 1.51. The lowest BCUT2D eigenvalue weighted by Gasteiger charge is -2.36. The van der Waals surface area contributed by atoms with Crippen molar-refractivity contribution in [2.45, 2.75) is 84.4 Å². The molecule has 1 aromatic heterocycles. The zero-order valence-corrected chi connectivity index (χ0v) is 17.3. The lowest BCUT2D eigenvalue weighted by Crippen LogP contribution is -2.50. The van der Waals surface area contributed by atoms with Crippen LogP contribution in [0, 0.1) is 0 Å². The standard InChI is InChI=1S/C17H34O2Si2/c1-9-21(10-2,11-3)19-14-15-12-13-18-16(15)20(7,8)17(4,5)6/h12-13H,9-11,14H2,1-8H3. The van der Waals surface area contributed by atoms with Crippen LogP contribution in [0.2, 0.25) is 36.3 Å². The third-order valence-electron chi connectivity index (χ3n) is 5.66. The van der Waals surface area contributed by atoms with Crippen molar-refractivity contribution in [2.24, 2.45) is 0 Å². The van der Waals surface area contributed by atoms with Crippen LogP contribution in [-0.2, 0) is 11.0 Å². The van der Waals surface area contributed by atoms with Gasteiger partial charge in [-0.15, -0.1) is 0 Å². The molecule has 1 heterocycles. The highest BCUT2D eigenvalue weighted by atomic mass is 28.4. The molecule has 0 aliphatic rings. The Kier molecular flexibility index (Phi) is 6.10. The average molecular weight is 327 g/mol. The summed E-state index contributed by atoms with van der Waals surface area (Å²) in [4.78, 5) is 0. The van der Waals surface area contributed by atoms with Gasteiger partial charge in [0.15, 0.2) is 8.32 Å². The van der Waals surface area contributed by atoms with Crippen molar-refractivity contribution in [2.75, 3.05) is 0 Å². The van der Waals surface area contributed by atoms with E-state index in [-0.39, 0.29) is 5.04 Å². The Morgan fingerprint density at radius 3 is 2.00 bits per heavy atom. The van der Waals surface area contributed by atoms with Crippen LogP contribution in [-0.4, -0.2) is 16.4 Å². The van der Waals surface area contributed by atoms with Gasteiger partial charge >= 0.3 is 0 Å². The Hall–Kier alpha value is -0.326. The molecule has 1 aromatic rings. The van der Waals surface area contributed by atoms with Crippen molar-refractivity contribution in [3.05, 3.63) is 17.9 Å². The summed E-state index contributed by atoms with van der Waals surface area (Å²) in [6, 6.07) is 5.73. The van der Waals surface area contributed by atoms with Crippen molar-refractivity contribution in [3.8, 4) is 0 Å². The van der Waals surface area contributed by atoms with Gasteiger partial charge in [0.1, 0.15) is 8.07 Å². The van der Waals surface area contributed by atoms with E-state index in [1.54, 1.807) is 0 Å². The van der Waals surface area contributed by atoms with Gasteiger partial charge in [0.2, 0.25) is 0 Å². The Morgan fingerprint density at radius 1 is 1.05 bits per heavy atom. The minimum atomic E-state index is -1.63. The van der Waals surface area contributed by atoms with E-state index in [0.717, 1.165) is 6.61 Å². The molecule has 0 spiro atoms. The van der Waals surface area contributed by atoms with E-state index in [1.807, 2.05) is 6.26 Å². The summed E-state index contributed by atoms with van der Waals surface area (Å²) < 4.78 is 12.4. The van der Waals surface area contributed by atoms with Crippen molar-refractivity contribution in [3.63, 3.8) is 0 Å². The largest absolute Gasteiger partial charge is 0.474 e. The van der Waals surface area contributed by atoms with Crippen LogP contribution < -0.4 is 5.38 Å². The highest BCUT2D eigenvalue weighted by molar-refractivity contribution is 6.91. The van der Waals surface area contributed by atoms with E-state index in [2.05, 4.69) is 60.7 Å². The van der Waals surface area contributed by atoms with E-state index in [9.17, 15) is 0 Å². The molecule has 4 heteroatoms. The number of rotatable bonds is 7. The second-order valence-electron chi connectivity index (χ2n) is 7.68. The van der Waals surface area contributed by atoms with Gasteiger partial charge in [0.25, 0.3) is 0 Å². The Bertz CT molecular complexity index is 432. The van der Waals surface area contributed by atoms with Crippen LogP contribution in [0.3, 0.4) is 0 Å². The fourth-order valence-electron chi connectivity index (χ4n) is 2.63. The molecular weight excluding hydrogens is 292 g/mol. The average Bonchev–Trinajstić information content (AvgIpc) is 2.89. The number of hydrogen-bond acceptors (Lipinski definition) is 2. The van der Waals surface area contributed by atoms with Crippen LogP contribution in [0.4, 0.5) is 0 Å². The van der Waals surface area contributed by atoms with Gasteiger partial charge in [0.05, 0.1) is 18.3 Å². The molecular formula is C17H34O2Si2. The molecule has 0 radical (unpaired) electrons. The van der Waals surface area contributed by atoms with Crippen molar-refractivity contribution in [1.29, 1.82) is 0 Å². The van der Waals surface area contributed by atoms with Gasteiger partial charge in [-0.05, 0) is 29.2 Å². The molecule has 1 rings (SSSR count). The lowest BCUT2D eigenvalue weighted by molar-refractivity contribution is 0.287. The van der Waals surface area contributed by atoms with Gasteiger partial charge in [0, 0.05) is 5.56 Å². The van der Waals surface area contributed by atoms with Crippen molar-refractivity contribution < 1.29 is 8.84 Å². The molecule has 0 atom stereocenters. The van der Waals surface area contributed by atoms with Gasteiger partial charge in [-0.1, -0.05) is 54.6 Å². The maximum absolute atomic E-state index is 6.47. The van der Waals surface area contributed by atoms with Crippen LogP contribution >= 0.6 is 0 Å². The van der Waals surface area contributed by atoms with Crippen molar-refractivity contribution in [1.82, 2.24) is 0 Å². The predicted molar refractivity (Wildman–Crippen MR) is 97.5 cm³/mol. The fraction of sp³-hybridized carbons (Fsp3) is 0.765. The quantitative estimate of drug-likeness (QED) is 0.616. The summed E-state index contributed by atoms with van der Waals surface area (Å²) in [6.45, 7) is 19.4. The Balaban J connectivity index is 2.96. The van der Waals surface area contributed by atoms with Crippen LogP contribution in [0.25, 0.3) is 0 Å². The molecule has 0 aliphatic carbocycles. The molecule has 0 unspecified atom stereocenters. The molecule has 122 valence electrons. The van der Waals surface area contributed by atoms with Crippen molar-refractivity contribution >= 4 is 21.8 Å². The number of furan rings is 1. The minimum Gasteiger partial charge on any atom is -0.474 e. The predicted octanol–water partition coefficient (Wildman–Crippen LogP) is 5.52. The smallest absolute Gasteiger partial charge is 0.192 e. The van der Waals surface area contributed by atoms with Gasteiger partial charge in [-0.25, -0.2) is 0 Å². The van der Waals surface area contributed by atoms with Crippen LogP contribution in [0.1, 0.15) is 47.1 Å². The summed E-state index contributed by atoms with van der Waals surface area (Å²) in [7, 11) is -3.16. The molecule has 0 aliphatic heterocycles. The van der Waals surface area contributed by atoms with E-state index < -0.39 is 16.4 Å². The fourth-order valence-corrected chi connectivity index (χ4v) is 7.20. The zero-order chi connectivity index (χ0) is 16.3. The second kappa shape index (κ2) is 6.84. The molecule has 0 saturated heterocycles. The lowest BCUT2D eigenvalue weighted by atomic mass is 10.2. The van der Waals surface area contributed by atoms with E-state index in [1.165, 1.54) is 29.1 Å². The maximum Gasteiger partial charge on any atom is 0.192 e. The summed E-state index contributed by atoms with van der Waals surface area (Å²) in [5.41, 5.74) is 1.29. The highest BCUT2D eigenvalue weighted by Gasteiger charge is 2.41. The first-order chi connectivity index (χ1) is 9.63. The summed E-state index contributed by atoms with van der Waals surface area (Å²) >= 11 is 0. The topological polar surface area (TPSA) is 22.4 Å². The SMILES string of the molecule is CC[Si](CC)(CC)OCc1ccoc1[Si](C)(C)C(C)(C)C. The number of hydrogen-bond donors (Lipinski definition) is 0. The molecule has 0 aromatic carbocycles. The monoisotopic (exact) mass is 326 g/mol. The first-order valence-corrected chi connectivity index (χ1v) is 13.9. The maximum atomic E-state index is 6.47. The zero-order valence-electron chi connectivity index (χ0n) is 15.3. The van der Waals surface area contributed by atoms with E-state index in [0.29, 0.717) is 0 Å². The normalized spacial score (nSPS) is 13.7. The van der Waals surface area contributed by atoms with Crippen LogP contribution in [0.15, 0.2) is 16.7 Å². The van der Waals surface area contributed by atoms with Gasteiger partial charge in [-0.3, -0.25) is 0 Å². The van der Waals surface area contributed by atoms with Crippen LogP contribution in [0.5, 0.6) is 0 Å². The molecule has 0 amide bonds. The molecule has 0 saturated carbocycles. The van der Waals surface area contributed by atoms with Gasteiger partial charge in [-0.2, -0.15) is 0 Å². The molecule has 0 bridgehead atoms. The molecule has 0 fully saturated rings. The summed E-state index contributed by atoms with van der Waals surface area (Å²) in [5.74, 6) is 0. The van der Waals surface area contributed by atoms with E-state index in [4.69, 9.17) is 8.84 Å². The highest BCUT2D eigenvalue weighted by Crippen LogP contribution is 2.36. The summed E-state index contributed by atoms with van der Waals surface area (Å²) in [6.07, 6.45) is 1.85. The van der Waals surface area contributed by atoms with E-state index >= 15 is 0 Å². The first-order valence-electron chi connectivity index (χ1n) is 8.34. The third kappa shape index (κ3) is 3.90. The molecule has 21 heavy (non-hydrogen) atoms. The Labute approximate surface area is 133 Å². The third-order valence-corrected chi connectivity index (χ3v) is 15.6.